The van der Waals surface area contributed by atoms with E-state index in [2.05, 4.69) is 4.74 Å². The summed E-state index contributed by atoms with van der Waals surface area (Å²) < 4.78 is 9.66. The maximum Gasteiger partial charge on any atom is 0.343 e. The Morgan fingerprint density at radius 2 is 2.31 bits per heavy atom. The van der Waals surface area contributed by atoms with E-state index >= 15 is 0 Å². The smallest absolute Gasteiger partial charge is 0.343 e. The average Bonchev–Trinajstić information content (AvgIpc) is 2.34. The summed E-state index contributed by atoms with van der Waals surface area (Å²) in [4.78, 5) is 10.8. The monoisotopic (exact) mass is 222 g/mol. The lowest BCUT2D eigenvalue weighted by atomic mass is 10.2. The van der Waals surface area contributed by atoms with Crippen LogP contribution in [0.3, 0.4) is 0 Å². The van der Waals surface area contributed by atoms with Crippen LogP contribution in [0.15, 0.2) is 30.3 Å². The Morgan fingerprint density at radius 3 is 3.00 bits per heavy atom. The summed E-state index contributed by atoms with van der Waals surface area (Å²) >= 11 is 0. The highest BCUT2D eigenvalue weighted by Gasteiger charge is 2.01. The first-order chi connectivity index (χ1) is 7.76. The molecule has 0 radical (unpaired) electrons. The molecule has 0 aliphatic carbocycles. The number of methoxy groups -OCH3 is 1. The van der Waals surface area contributed by atoms with Gasteiger partial charge in [0.1, 0.15) is 5.75 Å². The zero-order valence-electron chi connectivity index (χ0n) is 9.05. The molecule has 0 saturated carbocycles. The second kappa shape index (κ2) is 6.63. The quantitative estimate of drug-likeness (QED) is 0.762. The van der Waals surface area contributed by atoms with Crippen LogP contribution in [0.4, 0.5) is 0 Å². The van der Waals surface area contributed by atoms with Crippen LogP contribution in [-0.2, 0) is 9.53 Å². The Balaban J connectivity index is 2.60. The van der Waals surface area contributed by atoms with Crippen LogP contribution in [0.2, 0.25) is 0 Å². The molecule has 0 aromatic heterocycles. The summed E-state index contributed by atoms with van der Waals surface area (Å²) in [6.07, 6.45) is 3.39. The first kappa shape index (κ1) is 12.3. The SMILES string of the molecule is COC(=O)COc1cccc(C=CCO)c1. The van der Waals surface area contributed by atoms with Gasteiger partial charge in [-0.2, -0.15) is 0 Å². The Morgan fingerprint density at radius 1 is 1.50 bits per heavy atom. The van der Waals surface area contributed by atoms with Crippen molar-refractivity contribution in [1.82, 2.24) is 0 Å². The Hall–Kier alpha value is -1.81. The van der Waals surface area contributed by atoms with Crippen molar-refractivity contribution in [2.75, 3.05) is 20.3 Å². The highest BCUT2D eigenvalue weighted by atomic mass is 16.6. The summed E-state index contributed by atoms with van der Waals surface area (Å²) in [6, 6.07) is 7.20. The summed E-state index contributed by atoms with van der Waals surface area (Å²) in [5.41, 5.74) is 0.899. The third kappa shape index (κ3) is 4.14. The van der Waals surface area contributed by atoms with Gasteiger partial charge in [0.05, 0.1) is 13.7 Å². The Kier molecular flexibility index (Phi) is 5.08. The molecule has 0 aliphatic heterocycles. The van der Waals surface area contributed by atoms with E-state index in [1.165, 1.54) is 7.11 Å². The van der Waals surface area contributed by atoms with E-state index < -0.39 is 5.97 Å². The minimum Gasteiger partial charge on any atom is -0.482 e. The number of carbonyl (C=O) groups is 1. The second-order valence-corrected chi connectivity index (χ2v) is 3.02. The number of aliphatic hydroxyl groups is 1. The van der Waals surface area contributed by atoms with Gasteiger partial charge in [-0.15, -0.1) is 0 Å². The fourth-order valence-corrected chi connectivity index (χ4v) is 1.10. The molecule has 0 bridgehead atoms. The highest BCUT2D eigenvalue weighted by Crippen LogP contribution is 2.14. The zero-order chi connectivity index (χ0) is 11.8. The predicted molar refractivity (Wildman–Crippen MR) is 60.1 cm³/mol. The molecule has 1 aromatic rings. The number of hydrogen-bond acceptors (Lipinski definition) is 4. The van der Waals surface area contributed by atoms with Crippen molar-refractivity contribution < 1.29 is 19.4 Å². The van der Waals surface area contributed by atoms with Gasteiger partial charge in [-0.25, -0.2) is 4.79 Å². The molecule has 0 spiro atoms. The third-order valence-corrected chi connectivity index (χ3v) is 1.86. The maximum absolute atomic E-state index is 10.8. The van der Waals surface area contributed by atoms with Gasteiger partial charge in [0.25, 0.3) is 0 Å². The lowest BCUT2D eigenvalue weighted by Crippen LogP contribution is -2.12. The van der Waals surface area contributed by atoms with Crippen LogP contribution >= 0.6 is 0 Å². The van der Waals surface area contributed by atoms with E-state index in [4.69, 9.17) is 9.84 Å². The Labute approximate surface area is 94.1 Å². The molecule has 4 nitrogen and oxygen atoms in total. The van der Waals surface area contributed by atoms with Crippen molar-refractivity contribution >= 4 is 12.0 Å². The van der Waals surface area contributed by atoms with Gasteiger partial charge < -0.3 is 14.6 Å². The first-order valence-corrected chi connectivity index (χ1v) is 4.83. The number of benzene rings is 1. The van der Waals surface area contributed by atoms with Gasteiger partial charge in [0.2, 0.25) is 0 Å². The van der Waals surface area contributed by atoms with Gasteiger partial charge in [0.15, 0.2) is 6.61 Å². The van der Waals surface area contributed by atoms with Crippen LogP contribution in [0.25, 0.3) is 6.08 Å². The average molecular weight is 222 g/mol. The summed E-state index contributed by atoms with van der Waals surface area (Å²) in [6.45, 7) is -0.114. The van der Waals surface area contributed by atoms with Crippen LogP contribution in [0, 0.1) is 0 Å². The van der Waals surface area contributed by atoms with Crippen molar-refractivity contribution in [3.05, 3.63) is 35.9 Å². The molecule has 1 N–H and O–H groups in total. The molecule has 1 rings (SSSR count). The molecule has 0 aliphatic rings. The molecule has 0 unspecified atom stereocenters. The normalized spacial score (nSPS) is 10.4. The maximum atomic E-state index is 10.8. The topological polar surface area (TPSA) is 55.8 Å². The fourth-order valence-electron chi connectivity index (χ4n) is 1.10. The molecule has 0 heterocycles. The second-order valence-electron chi connectivity index (χ2n) is 3.02. The molecule has 86 valence electrons. The number of carbonyl (C=O) groups excluding carboxylic acids is 1. The number of aliphatic hydroxyl groups excluding tert-OH is 1. The first-order valence-electron chi connectivity index (χ1n) is 4.83. The van der Waals surface area contributed by atoms with Crippen LogP contribution < -0.4 is 4.74 Å². The summed E-state index contributed by atoms with van der Waals surface area (Å²) in [7, 11) is 1.31. The van der Waals surface area contributed by atoms with Crippen molar-refractivity contribution in [2.45, 2.75) is 0 Å². The lowest BCUT2D eigenvalue weighted by Gasteiger charge is -2.05. The molecule has 0 fully saturated rings. The van der Waals surface area contributed by atoms with E-state index in [0.29, 0.717) is 5.75 Å². The minimum atomic E-state index is -0.420. The summed E-state index contributed by atoms with van der Waals surface area (Å²) in [5.74, 6) is 0.168. The van der Waals surface area contributed by atoms with Crippen LogP contribution in [0.1, 0.15) is 5.56 Å². The molecule has 1 aromatic carbocycles. The molecule has 0 amide bonds. The standard InChI is InChI=1S/C12H14O4/c1-15-12(14)9-16-11-6-2-4-10(8-11)5-3-7-13/h2-6,8,13H,7,9H2,1H3. The van der Waals surface area contributed by atoms with Gasteiger partial charge >= 0.3 is 5.97 Å². The van der Waals surface area contributed by atoms with E-state index in [9.17, 15) is 4.79 Å². The molecular formula is C12H14O4. The van der Waals surface area contributed by atoms with Crippen LogP contribution in [-0.4, -0.2) is 31.4 Å². The molecule has 4 heteroatoms. The highest BCUT2D eigenvalue weighted by molar-refractivity contribution is 5.70. The minimum absolute atomic E-state index is 0.00670. The molecule has 16 heavy (non-hydrogen) atoms. The van der Waals surface area contributed by atoms with Gasteiger partial charge in [-0.3, -0.25) is 0 Å². The van der Waals surface area contributed by atoms with Crippen molar-refractivity contribution in [1.29, 1.82) is 0 Å². The van der Waals surface area contributed by atoms with E-state index in [1.54, 1.807) is 24.3 Å². The Bertz CT molecular complexity index is 371. The van der Waals surface area contributed by atoms with Gasteiger partial charge in [0, 0.05) is 0 Å². The van der Waals surface area contributed by atoms with Gasteiger partial charge in [-0.1, -0.05) is 24.3 Å². The van der Waals surface area contributed by atoms with E-state index in [1.807, 2.05) is 12.1 Å². The summed E-state index contributed by atoms with van der Waals surface area (Å²) in [5, 5.41) is 8.63. The largest absolute Gasteiger partial charge is 0.482 e. The lowest BCUT2D eigenvalue weighted by molar-refractivity contribution is -0.142. The number of ether oxygens (including phenoxy) is 2. The third-order valence-electron chi connectivity index (χ3n) is 1.86. The van der Waals surface area contributed by atoms with E-state index in [-0.39, 0.29) is 13.2 Å². The molecule has 0 saturated heterocycles. The van der Waals surface area contributed by atoms with Gasteiger partial charge in [-0.05, 0) is 17.7 Å². The predicted octanol–water partition coefficient (Wildman–Crippen LogP) is 1.24. The number of hydrogen-bond donors (Lipinski definition) is 1. The fraction of sp³-hybridized carbons (Fsp3) is 0.250. The zero-order valence-corrected chi connectivity index (χ0v) is 9.05. The number of rotatable bonds is 5. The molecular weight excluding hydrogens is 208 g/mol. The van der Waals surface area contributed by atoms with Crippen LogP contribution in [0.5, 0.6) is 5.75 Å². The van der Waals surface area contributed by atoms with Crippen molar-refractivity contribution in [3.63, 3.8) is 0 Å². The van der Waals surface area contributed by atoms with Crippen molar-refractivity contribution in [2.24, 2.45) is 0 Å². The van der Waals surface area contributed by atoms with Crippen molar-refractivity contribution in [3.8, 4) is 5.75 Å². The van der Waals surface area contributed by atoms with E-state index in [0.717, 1.165) is 5.56 Å². The molecule has 0 atom stereocenters. The number of esters is 1.